The van der Waals surface area contributed by atoms with Crippen LogP contribution in [0.5, 0.6) is 0 Å². The lowest BCUT2D eigenvalue weighted by Crippen LogP contribution is -2.14. The van der Waals surface area contributed by atoms with Gasteiger partial charge in [0.1, 0.15) is 6.07 Å². The molecule has 1 aliphatic carbocycles. The van der Waals surface area contributed by atoms with Gasteiger partial charge in [0.15, 0.2) is 0 Å². The molecule has 1 nitrogen and oxygen atoms in total. The molecule has 3 rings (SSSR count). The summed E-state index contributed by atoms with van der Waals surface area (Å²) in [6, 6.07) is 17.1. The van der Waals surface area contributed by atoms with E-state index in [9.17, 15) is 5.26 Å². The van der Waals surface area contributed by atoms with Gasteiger partial charge in [0.05, 0.1) is 5.56 Å². The van der Waals surface area contributed by atoms with Gasteiger partial charge in [0, 0.05) is 11.1 Å². The van der Waals surface area contributed by atoms with Gasteiger partial charge >= 0.3 is 0 Å². The van der Waals surface area contributed by atoms with Crippen LogP contribution in [0.15, 0.2) is 42.5 Å². The van der Waals surface area contributed by atoms with E-state index in [0.717, 1.165) is 35.8 Å². The summed E-state index contributed by atoms with van der Waals surface area (Å²) in [6.45, 7) is 4.52. The van der Waals surface area contributed by atoms with E-state index in [2.05, 4.69) is 62.1 Å². The van der Waals surface area contributed by atoms with Crippen LogP contribution in [-0.2, 0) is 12.8 Å². The van der Waals surface area contributed by atoms with Crippen molar-refractivity contribution in [2.24, 2.45) is 11.8 Å². The second-order valence-corrected chi connectivity index (χ2v) is 8.88. The predicted octanol–water partition coefficient (Wildman–Crippen LogP) is 7.45. The quantitative estimate of drug-likeness (QED) is 0.445. The van der Waals surface area contributed by atoms with Crippen LogP contribution in [0.25, 0.3) is 0 Å². The zero-order valence-electron chi connectivity index (χ0n) is 18.7. The van der Waals surface area contributed by atoms with Gasteiger partial charge in [-0.15, -0.1) is 0 Å². The molecule has 1 heteroatoms. The van der Waals surface area contributed by atoms with Gasteiger partial charge in [-0.1, -0.05) is 82.4 Å². The molecule has 1 aliphatic rings. The highest BCUT2D eigenvalue weighted by molar-refractivity contribution is 5.52. The Morgan fingerprint density at radius 2 is 1.50 bits per heavy atom. The van der Waals surface area contributed by atoms with E-state index in [4.69, 9.17) is 0 Å². The molecule has 30 heavy (non-hydrogen) atoms. The maximum atomic E-state index is 9.48. The second-order valence-electron chi connectivity index (χ2n) is 8.88. The molecule has 0 N–H and O–H groups in total. The van der Waals surface area contributed by atoms with Crippen LogP contribution < -0.4 is 0 Å². The molecule has 1 fully saturated rings. The lowest BCUT2D eigenvalue weighted by molar-refractivity contribution is 0.259. The van der Waals surface area contributed by atoms with Crippen molar-refractivity contribution in [2.75, 3.05) is 0 Å². The average Bonchev–Trinajstić information content (AvgIpc) is 2.81. The molecule has 0 unspecified atom stereocenters. The van der Waals surface area contributed by atoms with E-state index in [0.29, 0.717) is 5.56 Å². The summed E-state index contributed by atoms with van der Waals surface area (Å²) in [4.78, 5) is 0. The maximum absolute atomic E-state index is 9.48. The molecule has 0 aliphatic heterocycles. The van der Waals surface area contributed by atoms with Crippen molar-refractivity contribution in [3.05, 3.63) is 70.3 Å². The molecule has 0 spiro atoms. The second kappa shape index (κ2) is 11.6. The number of nitriles is 1. The molecule has 0 bridgehead atoms. The average molecular weight is 398 g/mol. The van der Waals surface area contributed by atoms with Gasteiger partial charge in [-0.3, -0.25) is 0 Å². The highest BCUT2D eigenvalue weighted by Gasteiger charge is 2.19. The Kier molecular flexibility index (Phi) is 8.59. The fourth-order valence-electron chi connectivity index (χ4n) is 4.52. The summed E-state index contributed by atoms with van der Waals surface area (Å²) in [5, 5.41) is 9.48. The van der Waals surface area contributed by atoms with Crippen molar-refractivity contribution in [3.63, 3.8) is 0 Å². The molecule has 0 aromatic heterocycles. The summed E-state index contributed by atoms with van der Waals surface area (Å²) in [5.41, 5.74) is 5.17. The summed E-state index contributed by atoms with van der Waals surface area (Å²) in [5.74, 6) is 8.34. The molecule has 0 radical (unpaired) electrons. The predicted molar refractivity (Wildman–Crippen MR) is 126 cm³/mol. The third-order valence-electron chi connectivity index (χ3n) is 6.70. The molecule has 0 atom stereocenters. The monoisotopic (exact) mass is 397 g/mol. The Hall–Kier alpha value is -2.51. The first-order chi connectivity index (χ1) is 14.7. The standard InChI is InChI=1S/C29H35N/c1-3-5-6-27-18-20-28(29(21-27)22-30)19-17-26-15-13-25(14-16-26)12-11-24-9-7-23(4-2)8-10-24/h13-16,18,20-21,23-24H,3-12H2,1-2H3. The molecule has 156 valence electrons. The zero-order valence-corrected chi connectivity index (χ0v) is 18.7. The lowest BCUT2D eigenvalue weighted by Gasteiger charge is -2.27. The summed E-state index contributed by atoms with van der Waals surface area (Å²) in [7, 11) is 0. The van der Waals surface area contributed by atoms with E-state index in [1.54, 1.807) is 0 Å². The third-order valence-corrected chi connectivity index (χ3v) is 6.70. The number of nitrogens with zero attached hydrogens (tertiary/aromatic N) is 1. The molecular formula is C29H35N. The minimum absolute atomic E-state index is 0.686. The summed E-state index contributed by atoms with van der Waals surface area (Å²) >= 11 is 0. The highest BCUT2D eigenvalue weighted by atomic mass is 14.3. The zero-order chi connectivity index (χ0) is 21.2. The first kappa shape index (κ1) is 22.2. The van der Waals surface area contributed by atoms with Gasteiger partial charge in [0.25, 0.3) is 0 Å². The van der Waals surface area contributed by atoms with Crippen molar-refractivity contribution in [2.45, 2.75) is 78.1 Å². The maximum Gasteiger partial charge on any atom is 0.100 e. The van der Waals surface area contributed by atoms with Gasteiger partial charge < -0.3 is 0 Å². The van der Waals surface area contributed by atoms with Crippen molar-refractivity contribution in [3.8, 4) is 17.9 Å². The van der Waals surface area contributed by atoms with Crippen molar-refractivity contribution < 1.29 is 0 Å². The van der Waals surface area contributed by atoms with Crippen molar-refractivity contribution >= 4 is 0 Å². The number of unbranched alkanes of at least 4 members (excludes halogenated alkanes) is 1. The van der Waals surface area contributed by atoms with Crippen molar-refractivity contribution in [1.82, 2.24) is 0 Å². The molecule has 0 amide bonds. The Bertz CT molecular complexity index is 896. The first-order valence-electron chi connectivity index (χ1n) is 11.9. The first-order valence-corrected chi connectivity index (χ1v) is 11.9. The summed E-state index contributed by atoms with van der Waals surface area (Å²) < 4.78 is 0. The van der Waals surface area contributed by atoms with Crippen LogP contribution in [0.1, 0.15) is 93.0 Å². The third kappa shape index (κ3) is 6.50. The number of hydrogen-bond donors (Lipinski definition) is 0. The Balaban J connectivity index is 1.56. The van der Waals surface area contributed by atoms with E-state index in [1.165, 1.54) is 62.5 Å². The van der Waals surface area contributed by atoms with E-state index in [1.807, 2.05) is 12.1 Å². The number of hydrogen-bond acceptors (Lipinski definition) is 1. The van der Waals surface area contributed by atoms with Crippen LogP contribution in [0.3, 0.4) is 0 Å². The van der Waals surface area contributed by atoms with E-state index in [-0.39, 0.29) is 0 Å². The molecule has 1 saturated carbocycles. The highest BCUT2D eigenvalue weighted by Crippen LogP contribution is 2.33. The molecule has 2 aromatic carbocycles. The van der Waals surface area contributed by atoms with Gasteiger partial charge in [-0.05, 0) is 72.9 Å². The molecular weight excluding hydrogens is 362 g/mol. The normalized spacial score (nSPS) is 18.3. The van der Waals surface area contributed by atoms with Crippen LogP contribution in [0, 0.1) is 35.0 Å². The number of benzene rings is 2. The van der Waals surface area contributed by atoms with Gasteiger partial charge in [-0.25, -0.2) is 0 Å². The molecule has 0 saturated heterocycles. The number of aryl methyl sites for hydroxylation is 2. The summed E-state index contributed by atoms with van der Waals surface area (Å²) in [6.07, 6.45) is 12.9. The Labute approximate surface area is 183 Å². The minimum Gasteiger partial charge on any atom is -0.192 e. The van der Waals surface area contributed by atoms with Crippen LogP contribution in [0.4, 0.5) is 0 Å². The van der Waals surface area contributed by atoms with E-state index >= 15 is 0 Å². The van der Waals surface area contributed by atoms with Gasteiger partial charge in [-0.2, -0.15) is 5.26 Å². The van der Waals surface area contributed by atoms with Gasteiger partial charge in [0.2, 0.25) is 0 Å². The SMILES string of the molecule is CCCCc1ccc(C#Cc2ccc(CCC3CCC(CC)CC3)cc2)c(C#N)c1. The largest absolute Gasteiger partial charge is 0.192 e. The fraction of sp³-hybridized carbons (Fsp3) is 0.483. The Morgan fingerprint density at radius 3 is 2.17 bits per heavy atom. The van der Waals surface area contributed by atoms with Crippen LogP contribution in [0.2, 0.25) is 0 Å². The Morgan fingerprint density at radius 1 is 0.800 bits per heavy atom. The number of rotatable bonds is 7. The molecule has 2 aromatic rings. The smallest absolute Gasteiger partial charge is 0.100 e. The molecule has 0 heterocycles. The lowest BCUT2D eigenvalue weighted by atomic mass is 9.78. The minimum atomic E-state index is 0.686. The van der Waals surface area contributed by atoms with Crippen LogP contribution >= 0.6 is 0 Å². The topological polar surface area (TPSA) is 23.8 Å². The fourth-order valence-corrected chi connectivity index (χ4v) is 4.52. The van der Waals surface area contributed by atoms with Crippen molar-refractivity contribution in [1.29, 1.82) is 5.26 Å². The van der Waals surface area contributed by atoms with Crippen LogP contribution in [-0.4, -0.2) is 0 Å². The van der Waals surface area contributed by atoms with E-state index < -0.39 is 0 Å².